The Morgan fingerprint density at radius 3 is 2.76 bits per heavy atom. The maximum atomic E-state index is 13.5. The Morgan fingerprint density at radius 2 is 2.09 bits per heavy atom. The molecule has 10 nitrogen and oxygen atoms in total. The van der Waals surface area contributed by atoms with Gasteiger partial charge in [0.2, 0.25) is 5.91 Å². The van der Waals surface area contributed by atoms with Gasteiger partial charge in [0.25, 0.3) is 5.56 Å². The number of anilines is 2. The van der Waals surface area contributed by atoms with Gasteiger partial charge in [-0.15, -0.1) is 0 Å². The molecule has 2 fully saturated rings. The molecule has 1 unspecified atom stereocenters. The normalized spacial score (nSPS) is 20.9. The zero-order chi connectivity index (χ0) is 23.3. The third kappa shape index (κ3) is 3.68. The summed E-state index contributed by atoms with van der Waals surface area (Å²) in [5.74, 6) is 0.273. The number of nitrogens with one attached hydrogen (secondary N) is 1. The summed E-state index contributed by atoms with van der Waals surface area (Å²) in [6.07, 6.45) is 2.51. The Bertz CT molecular complexity index is 1280. The largest absolute Gasteiger partial charge is 0.379 e. The molecule has 0 aromatic carbocycles. The van der Waals surface area contributed by atoms with E-state index in [4.69, 9.17) is 14.6 Å². The molecule has 1 N–H and O–H groups in total. The van der Waals surface area contributed by atoms with Crippen molar-refractivity contribution >= 4 is 22.9 Å². The molecule has 2 aliphatic rings. The summed E-state index contributed by atoms with van der Waals surface area (Å²) in [7, 11) is 1.69. The molecule has 3 aromatic heterocycles. The summed E-state index contributed by atoms with van der Waals surface area (Å²) >= 11 is 0. The Kier molecular flexibility index (Phi) is 5.21. The van der Waals surface area contributed by atoms with Crippen LogP contribution in [0.1, 0.15) is 26.0 Å². The number of methoxy groups -OCH3 is 1. The van der Waals surface area contributed by atoms with Crippen LogP contribution in [-0.4, -0.2) is 64.6 Å². The van der Waals surface area contributed by atoms with Gasteiger partial charge in [0.15, 0.2) is 0 Å². The van der Waals surface area contributed by atoms with Crippen molar-refractivity contribution in [3.63, 3.8) is 0 Å². The van der Waals surface area contributed by atoms with Crippen molar-refractivity contribution in [2.75, 3.05) is 43.6 Å². The molecule has 174 valence electrons. The molecule has 1 atom stereocenters. The quantitative estimate of drug-likeness (QED) is 0.630. The number of nitrogens with zero attached hydrogens (tertiary/aromatic N) is 5. The van der Waals surface area contributed by atoms with Crippen molar-refractivity contribution in [3.05, 3.63) is 40.6 Å². The van der Waals surface area contributed by atoms with Crippen LogP contribution in [0.3, 0.4) is 0 Å². The fraction of sp³-hybridized carbons (Fsp3) is 0.478. The first-order valence-electron chi connectivity index (χ1n) is 11.0. The van der Waals surface area contributed by atoms with Gasteiger partial charge < -0.3 is 24.1 Å². The number of fused-ring (bicyclic) bond motifs is 1. The lowest BCUT2D eigenvalue weighted by atomic mass is 10.0. The van der Waals surface area contributed by atoms with E-state index in [-0.39, 0.29) is 17.6 Å². The third-order valence-corrected chi connectivity index (χ3v) is 6.56. The van der Waals surface area contributed by atoms with Gasteiger partial charge in [0.1, 0.15) is 17.8 Å². The first-order chi connectivity index (χ1) is 15.8. The van der Waals surface area contributed by atoms with Crippen molar-refractivity contribution in [3.8, 4) is 11.3 Å². The Morgan fingerprint density at radius 1 is 1.30 bits per heavy atom. The predicted octanol–water partition coefficient (Wildman–Crippen LogP) is 1.80. The van der Waals surface area contributed by atoms with Gasteiger partial charge in [-0.05, 0) is 32.4 Å². The number of rotatable bonds is 5. The minimum atomic E-state index is -0.513. The van der Waals surface area contributed by atoms with Gasteiger partial charge in [-0.25, -0.2) is 9.67 Å². The van der Waals surface area contributed by atoms with E-state index < -0.39 is 5.54 Å². The minimum absolute atomic E-state index is 0.115. The number of ether oxygens (including phenoxy) is 2. The molecule has 0 spiro atoms. The highest BCUT2D eigenvalue weighted by molar-refractivity contribution is 5.90. The predicted molar refractivity (Wildman–Crippen MR) is 124 cm³/mol. The van der Waals surface area contributed by atoms with E-state index in [0.29, 0.717) is 43.5 Å². The van der Waals surface area contributed by atoms with Crippen molar-refractivity contribution < 1.29 is 14.3 Å². The van der Waals surface area contributed by atoms with Crippen molar-refractivity contribution in [1.29, 1.82) is 0 Å². The van der Waals surface area contributed by atoms with Gasteiger partial charge >= 0.3 is 0 Å². The molecule has 1 amide bonds. The Hall–Kier alpha value is -3.24. The van der Waals surface area contributed by atoms with E-state index in [0.717, 1.165) is 23.2 Å². The second kappa shape index (κ2) is 7.96. The average Bonchev–Trinajstić information content (AvgIpc) is 3.32. The van der Waals surface area contributed by atoms with Crippen LogP contribution in [0.4, 0.5) is 11.5 Å². The Balaban J connectivity index is 1.68. The summed E-state index contributed by atoms with van der Waals surface area (Å²) in [5, 5.41) is 7.57. The van der Waals surface area contributed by atoms with Crippen molar-refractivity contribution in [1.82, 2.24) is 19.2 Å². The van der Waals surface area contributed by atoms with E-state index in [9.17, 15) is 9.59 Å². The van der Waals surface area contributed by atoms with E-state index in [1.54, 1.807) is 18.1 Å². The maximum Gasteiger partial charge on any atom is 0.290 e. The zero-order valence-electron chi connectivity index (χ0n) is 19.3. The molecule has 2 saturated heterocycles. The number of amides is 1. The lowest BCUT2D eigenvalue weighted by Crippen LogP contribution is -2.55. The van der Waals surface area contributed by atoms with Crippen LogP contribution >= 0.6 is 0 Å². The summed E-state index contributed by atoms with van der Waals surface area (Å²) < 4.78 is 14.6. The number of carbonyl (C=O) groups is 1. The van der Waals surface area contributed by atoms with Gasteiger partial charge in [0.05, 0.1) is 29.5 Å². The van der Waals surface area contributed by atoms with Crippen LogP contribution in [0.2, 0.25) is 0 Å². The SMILES string of the molecule is COC1CN(c2cc(-c3cc(C)n4cnc(NC(C)=O)cc34)nn(C3(C)CCOC3)c2=O)C1. The Labute approximate surface area is 191 Å². The van der Waals surface area contributed by atoms with Crippen molar-refractivity contribution in [2.45, 2.75) is 38.8 Å². The summed E-state index contributed by atoms with van der Waals surface area (Å²) in [6.45, 7) is 7.80. The lowest BCUT2D eigenvalue weighted by Gasteiger charge is -2.40. The molecular formula is C23H28N6O4. The van der Waals surface area contributed by atoms with Crippen LogP contribution in [0, 0.1) is 6.92 Å². The standard InChI is InChI=1S/C23H28N6O4/c1-14-7-17(19-9-21(25-15(2)30)24-13-28(14)19)18-8-20(27-10-16(11-27)32-4)22(31)29(26-18)23(3)5-6-33-12-23/h7-9,13,16H,5-6,10-12H2,1-4H3,(H,25,30). The van der Waals surface area contributed by atoms with Gasteiger partial charge in [-0.2, -0.15) is 5.10 Å². The van der Waals surface area contributed by atoms with Crippen LogP contribution in [-0.2, 0) is 19.8 Å². The smallest absolute Gasteiger partial charge is 0.290 e. The van der Waals surface area contributed by atoms with E-state index in [1.165, 1.54) is 6.92 Å². The lowest BCUT2D eigenvalue weighted by molar-refractivity contribution is -0.114. The molecule has 3 aromatic rings. The highest BCUT2D eigenvalue weighted by atomic mass is 16.5. The molecule has 0 aliphatic carbocycles. The number of aryl methyl sites for hydroxylation is 1. The topological polar surface area (TPSA) is 103 Å². The number of hydrogen-bond donors (Lipinski definition) is 1. The van der Waals surface area contributed by atoms with E-state index >= 15 is 0 Å². The molecule has 10 heteroatoms. The third-order valence-electron chi connectivity index (χ3n) is 6.56. The molecule has 0 bridgehead atoms. The molecule has 2 aliphatic heterocycles. The first-order valence-corrected chi connectivity index (χ1v) is 11.0. The monoisotopic (exact) mass is 452 g/mol. The van der Waals surface area contributed by atoms with E-state index in [1.807, 2.05) is 41.3 Å². The summed E-state index contributed by atoms with van der Waals surface area (Å²) in [4.78, 5) is 31.4. The number of hydrogen-bond acceptors (Lipinski definition) is 7. The first kappa shape index (κ1) is 21.6. The number of carbonyl (C=O) groups excluding carboxylic acids is 1. The molecular weight excluding hydrogens is 424 g/mol. The maximum absolute atomic E-state index is 13.5. The zero-order valence-corrected chi connectivity index (χ0v) is 19.3. The second-order valence-electron chi connectivity index (χ2n) is 9.10. The highest BCUT2D eigenvalue weighted by Gasteiger charge is 2.37. The molecule has 33 heavy (non-hydrogen) atoms. The van der Waals surface area contributed by atoms with Crippen LogP contribution in [0.15, 0.2) is 29.3 Å². The average molecular weight is 453 g/mol. The molecule has 0 saturated carbocycles. The minimum Gasteiger partial charge on any atom is -0.379 e. The van der Waals surface area contributed by atoms with Gasteiger partial charge in [-0.1, -0.05) is 0 Å². The molecule has 0 radical (unpaired) electrons. The molecule has 5 rings (SSSR count). The fourth-order valence-corrected chi connectivity index (χ4v) is 4.53. The molecule has 5 heterocycles. The summed E-state index contributed by atoms with van der Waals surface area (Å²) in [6, 6.07) is 5.71. The van der Waals surface area contributed by atoms with Gasteiger partial charge in [0, 0.05) is 51.1 Å². The van der Waals surface area contributed by atoms with E-state index in [2.05, 4.69) is 10.3 Å². The summed E-state index contributed by atoms with van der Waals surface area (Å²) in [5.41, 5.74) is 3.34. The van der Waals surface area contributed by atoms with Gasteiger partial charge in [-0.3, -0.25) is 9.59 Å². The fourth-order valence-electron chi connectivity index (χ4n) is 4.53. The highest BCUT2D eigenvalue weighted by Crippen LogP contribution is 2.32. The van der Waals surface area contributed by atoms with Crippen LogP contribution in [0.25, 0.3) is 16.8 Å². The number of aromatic nitrogens is 4. The van der Waals surface area contributed by atoms with Crippen molar-refractivity contribution in [2.24, 2.45) is 0 Å². The second-order valence-corrected chi connectivity index (χ2v) is 9.10. The van der Waals surface area contributed by atoms with Crippen LogP contribution in [0.5, 0.6) is 0 Å². The van der Waals surface area contributed by atoms with Crippen LogP contribution < -0.4 is 15.8 Å².